The summed E-state index contributed by atoms with van der Waals surface area (Å²) in [5, 5.41) is 4.93. The van der Waals surface area contributed by atoms with Crippen LogP contribution in [0, 0.1) is 0 Å². The van der Waals surface area contributed by atoms with Crippen molar-refractivity contribution in [3.8, 4) is 11.1 Å². The van der Waals surface area contributed by atoms with Crippen molar-refractivity contribution in [3.63, 3.8) is 0 Å². The zero-order valence-electron chi connectivity index (χ0n) is 22.5. The van der Waals surface area contributed by atoms with Crippen molar-refractivity contribution in [3.05, 3.63) is 119 Å². The van der Waals surface area contributed by atoms with E-state index >= 15 is 0 Å². The van der Waals surface area contributed by atoms with E-state index in [4.69, 9.17) is 9.72 Å². The Hall–Kier alpha value is -5.02. The minimum Gasteiger partial charge on any atom is -0.378 e. The Morgan fingerprint density at radius 1 is 0.927 bits per heavy atom. The SMILES string of the molecule is O=c1c2cncc(-c3ccccc3)c2ccn1Cc1cn2cc(CNc3cc(N4CCOCC4)ccn3)ccc2n1. The molecule has 6 heterocycles. The van der Waals surface area contributed by atoms with Gasteiger partial charge in [-0.1, -0.05) is 36.4 Å². The van der Waals surface area contributed by atoms with Crippen LogP contribution >= 0.6 is 0 Å². The Kier molecular flexibility index (Phi) is 6.62. The standard InChI is InChI=1S/C32H29N7O2/c40-32-29-19-33-18-28(24-4-2-1-3-5-24)27(29)9-11-38(32)21-25-22-39-20-23(6-7-31(39)36-25)17-35-30-16-26(8-10-34-30)37-12-14-41-15-13-37/h1-11,16,18-20,22H,12-15,17,21H2,(H,34,35). The lowest BCUT2D eigenvalue weighted by Gasteiger charge is -2.29. The molecule has 1 fully saturated rings. The summed E-state index contributed by atoms with van der Waals surface area (Å²) in [6.45, 7) is 4.28. The fourth-order valence-corrected chi connectivity index (χ4v) is 5.35. The third kappa shape index (κ3) is 5.15. The lowest BCUT2D eigenvalue weighted by Crippen LogP contribution is -2.36. The third-order valence-electron chi connectivity index (χ3n) is 7.47. The fraction of sp³-hybridized carbons (Fsp3) is 0.188. The number of pyridine rings is 4. The average molecular weight is 544 g/mol. The summed E-state index contributed by atoms with van der Waals surface area (Å²) in [7, 11) is 0. The number of fused-ring (bicyclic) bond motifs is 2. The molecule has 204 valence electrons. The number of ether oxygens (including phenoxy) is 1. The minimum absolute atomic E-state index is 0.0819. The number of morpholine rings is 1. The highest BCUT2D eigenvalue weighted by Gasteiger charge is 2.13. The number of nitrogens with zero attached hydrogens (tertiary/aromatic N) is 6. The van der Waals surface area contributed by atoms with E-state index in [0.717, 1.165) is 71.2 Å². The number of rotatable bonds is 7. The van der Waals surface area contributed by atoms with Gasteiger partial charge in [-0.3, -0.25) is 9.78 Å². The van der Waals surface area contributed by atoms with Crippen molar-refractivity contribution < 1.29 is 4.74 Å². The van der Waals surface area contributed by atoms with Gasteiger partial charge in [0.1, 0.15) is 11.5 Å². The molecule has 0 radical (unpaired) electrons. The largest absolute Gasteiger partial charge is 0.378 e. The number of imidazole rings is 1. The second kappa shape index (κ2) is 10.9. The van der Waals surface area contributed by atoms with E-state index in [9.17, 15) is 4.79 Å². The summed E-state index contributed by atoms with van der Waals surface area (Å²) in [6, 6.07) is 20.2. The first-order valence-electron chi connectivity index (χ1n) is 13.7. The smallest absolute Gasteiger partial charge is 0.260 e. The number of hydrogen-bond acceptors (Lipinski definition) is 7. The van der Waals surface area contributed by atoms with Crippen LogP contribution in [0.15, 0.2) is 103 Å². The van der Waals surface area contributed by atoms with Crippen LogP contribution < -0.4 is 15.8 Å². The Balaban J connectivity index is 1.08. The molecule has 1 aliphatic rings. The van der Waals surface area contributed by atoms with Crippen LogP contribution in [0.5, 0.6) is 0 Å². The van der Waals surface area contributed by atoms with Crippen molar-refractivity contribution in [2.45, 2.75) is 13.1 Å². The molecular formula is C32H29N7O2. The fourth-order valence-electron chi connectivity index (χ4n) is 5.35. The number of hydrogen-bond donors (Lipinski definition) is 1. The van der Waals surface area contributed by atoms with Gasteiger partial charge in [-0.25, -0.2) is 9.97 Å². The van der Waals surface area contributed by atoms with Crippen molar-refractivity contribution in [1.29, 1.82) is 0 Å². The quantitative estimate of drug-likeness (QED) is 0.315. The van der Waals surface area contributed by atoms with E-state index in [-0.39, 0.29) is 5.56 Å². The molecule has 1 N–H and O–H groups in total. The molecule has 0 unspecified atom stereocenters. The highest BCUT2D eigenvalue weighted by Crippen LogP contribution is 2.26. The van der Waals surface area contributed by atoms with Gasteiger partial charge in [-0.15, -0.1) is 0 Å². The zero-order valence-corrected chi connectivity index (χ0v) is 22.5. The Morgan fingerprint density at radius 2 is 1.80 bits per heavy atom. The molecule has 5 aromatic heterocycles. The lowest BCUT2D eigenvalue weighted by atomic mass is 10.0. The van der Waals surface area contributed by atoms with E-state index in [1.165, 1.54) is 0 Å². The molecule has 7 rings (SSSR count). The van der Waals surface area contributed by atoms with Crippen molar-refractivity contribution in [2.75, 3.05) is 36.5 Å². The van der Waals surface area contributed by atoms with Gasteiger partial charge in [-0.05, 0) is 34.7 Å². The van der Waals surface area contributed by atoms with E-state index in [2.05, 4.69) is 38.5 Å². The van der Waals surface area contributed by atoms with E-state index in [1.807, 2.05) is 77.7 Å². The van der Waals surface area contributed by atoms with Crippen molar-refractivity contribution in [1.82, 2.24) is 23.9 Å². The number of aromatic nitrogens is 5. The summed E-state index contributed by atoms with van der Waals surface area (Å²) in [4.78, 5) is 29.3. The average Bonchev–Trinajstić information content (AvgIpc) is 3.44. The van der Waals surface area contributed by atoms with Gasteiger partial charge in [0.05, 0.1) is 30.8 Å². The zero-order chi connectivity index (χ0) is 27.6. The molecule has 9 heteroatoms. The molecule has 1 saturated heterocycles. The first-order chi connectivity index (χ1) is 20.2. The van der Waals surface area contributed by atoms with Gasteiger partial charge in [0.15, 0.2) is 0 Å². The molecule has 0 atom stereocenters. The maximum absolute atomic E-state index is 13.4. The second-order valence-corrected chi connectivity index (χ2v) is 10.2. The van der Waals surface area contributed by atoms with Crippen LogP contribution in [0.2, 0.25) is 0 Å². The summed E-state index contributed by atoms with van der Waals surface area (Å²) in [6.07, 6.45) is 11.2. The summed E-state index contributed by atoms with van der Waals surface area (Å²) in [5.41, 5.74) is 5.79. The first kappa shape index (κ1) is 25.0. The molecule has 1 aromatic carbocycles. The number of nitrogens with one attached hydrogen (secondary N) is 1. The van der Waals surface area contributed by atoms with Crippen LogP contribution in [-0.4, -0.2) is 50.2 Å². The third-order valence-corrected chi connectivity index (χ3v) is 7.47. The molecular weight excluding hydrogens is 514 g/mol. The molecule has 6 aromatic rings. The Labute approximate surface area is 236 Å². The molecule has 0 spiro atoms. The van der Waals surface area contributed by atoms with Gasteiger partial charge in [0.2, 0.25) is 0 Å². The Morgan fingerprint density at radius 3 is 2.68 bits per heavy atom. The molecule has 0 bridgehead atoms. The van der Waals surface area contributed by atoms with Gasteiger partial charge >= 0.3 is 0 Å². The maximum atomic E-state index is 13.4. The van der Waals surface area contributed by atoms with Gasteiger partial charge in [0.25, 0.3) is 5.56 Å². The minimum atomic E-state index is -0.0819. The normalized spacial score (nSPS) is 13.6. The van der Waals surface area contributed by atoms with E-state index < -0.39 is 0 Å². The molecule has 0 saturated carbocycles. The van der Waals surface area contributed by atoms with Crippen LogP contribution in [0.3, 0.4) is 0 Å². The predicted molar refractivity (Wildman–Crippen MR) is 160 cm³/mol. The first-order valence-corrected chi connectivity index (χ1v) is 13.7. The summed E-state index contributed by atoms with van der Waals surface area (Å²) < 4.78 is 9.17. The van der Waals surface area contributed by atoms with Gasteiger partial charge in [0, 0.05) is 74.1 Å². The van der Waals surface area contributed by atoms with Crippen LogP contribution in [0.4, 0.5) is 11.5 Å². The van der Waals surface area contributed by atoms with Crippen molar-refractivity contribution >= 4 is 27.9 Å². The molecule has 9 nitrogen and oxygen atoms in total. The number of benzene rings is 1. The van der Waals surface area contributed by atoms with E-state index in [0.29, 0.717) is 18.5 Å². The van der Waals surface area contributed by atoms with Crippen LogP contribution in [0.1, 0.15) is 11.3 Å². The number of anilines is 2. The van der Waals surface area contributed by atoms with E-state index in [1.54, 1.807) is 10.8 Å². The van der Waals surface area contributed by atoms with Gasteiger partial charge < -0.3 is 23.9 Å². The van der Waals surface area contributed by atoms with Gasteiger partial charge in [-0.2, -0.15) is 0 Å². The summed E-state index contributed by atoms with van der Waals surface area (Å²) in [5.74, 6) is 0.834. The van der Waals surface area contributed by atoms with Crippen LogP contribution in [0.25, 0.3) is 27.5 Å². The Bertz CT molecular complexity index is 1890. The molecule has 0 amide bonds. The molecule has 41 heavy (non-hydrogen) atoms. The van der Waals surface area contributed by atoms with Crippen molar-refractivity contribution in [2.24, 2.45) is 0 Å². The maximum Gasteiger partial charge on any atom is 0.260 e. The lowest BCUT2D eigenvalue weighted by molar-refractivity contribution is 0.122. The van der Waals surface area contributed by atoms with Crippen LogP contribution in [-0.2, 0) is 17.8 Å². The molecule has 1 aliphatic heterocycles. The second-order valence-electron chi connectivity index (χ2n) is 10.2. The molecule has 0 aliphatic carbocycles. The monoisotopic (exact) mass is 543 g/mol. The predicted octanol–water partition coefficient (Wildman–Crippen LogP) is 4.60. The topological polar surface area (TPSA) is 89.6 Å². The highest BCUT2D eigenvalue weighted by molar-refractivity contribution is 5.95. The highest BCUT2D eigenvalue weighted by atomic mass is 16.5. The summed E-state index contributed by atoms with van der Waals surface area (Å²) >= 11 is 0.